The first-order valence-electron chi connectivity index (χ1n) is 5.34. The summed E-state index contributed by atoms with van der Waals surface area (Å²) >= 11 is 0. The molecule has 0 amide bonds. The molecule has 74 valence electrons. The van der Waals surface area contributed by atoms with Crippen LogP contribution in [0.1, 0.15) is 32.6 Å². The molecule has 13 heavy (non-hydrogen) atoms. The fourth-order valence-corrected chi connectivity index (χ4v) is 2.22. The largest absolute Gasteiger partial charge is 0.465 e. The number of rotatable bonds is 1. The molecule has 1 aliphatic heterocycles. The van der Waals surface area contributed by atoms with Crippen LogP contribution in [0.5, 0.6) is 0 Å². The second-order valence-corrected chi connectivity index (χ2v) is 3.89. The van der Waals surface area contributed by atoms with Crippen LogP contribution in [0.3, 0.4) is 0 Å². The van der Waals surface area contributed by atoms with Gasteiger partial charge in [-0.3, -0.25) is 0 Å². The van der Waals surface area contributed by atoms with Gasteiger partial charge in [0, 0.05) is 18.5 Å². The highest BCUT2D eigenvalue weighted by Gasteiger charge is 2.30. The highest BCUT2D eigenvalue weighted by atomic mass is 16.5. The summed E-state index contributed by atoms with van der Waals surface area (Å²) < 4.78 is 5.53. The maximum atomic E-state index is 5.53. The molecule has 2 aliphatic rings. The molecule has 2 rings (SSSR count). The number of nitrogens with zero attached hydrogens (tertiary/aromatic N) is 1. The van der Waals surface area contributed by atoms with Crippen LogP contribution in [0.2, 0.25) is 0 Å². The fraction of sp³-hybridized carbons (Fsp3) is 0.900. The van der Waals surface area contributed by atoms with Crippen molar-refractivity contribution in [3.63, 3.8) is 0 Å². The lowest BCUT2D eigenvalue weighted by Crippen LogP contribution is -2.50. The van der Waals surface area contributed by atoms with Crippen molar-refractivity contribution in [2.45, 2.75) is 38.6 Å². The van der Waals surface area contributed by atoms with Crippen LogP contribution < -0.4 is 5.32 Å². The van der Waals surface area contributed by atoms with Crippen molar-refractivity contribution >= 4 is 6.02 Å². The van der Waals surface area contributed by atoms with Crippen LogP contribution in [0.4, 0.5) is 0 Å². The maximum Gasteiger partial charge on any atom is 0.284 e. The zero-order valence-electron chi connectivity index (χ0n) is 8.25. The zero-order valence-corrected chi connectivity index (χ0v) is 8.25. The number of hydrogen-bond donors (Lipinski definition) is 1. The van der Waals surface area contributed by atoms with Gasteiger partial charge in [-0.05, 0) is 19.8 Å². The Bertz CT molecular complexity index is 203. The predicted molar refractivity (Wildman–Crippen MR) is 52.8 cm³/mol. The summed E-state index contributed by atoms with van der Waals surface area (Å²) in [6.07, 6.45) is 5.33. The monoisotopic (exact) mass is 182 g/mol. The standard InChI is InChI=1S/C10H18N2O/c1-2-11-10-12-9-6-4-3-5-8(9)7-13-10/h8-9H,2-7H2,1H3,(H,11,12). The molecule has 0 aromatic rings. The van der Waals surface area contributed by atoms with Crippen LogP contribution in [-0.2, 0) is 4.74 Å². The van der Waals surface area contributed by atoms with Crippen molar-refractivity contribution in [2.24, 2.45) is 10.9 Å². The minimum atomic E-state index is 0.632. The molecule has 1 aliphatic carbocycles. The Hall–Kier alpha value is -0.730. The summed E-state index contributed by atoms with van der Waals surface area (Å²) in [4.78, 5) is 4.26. The van der Waals surface area contributed by atoms with Gasteiger partial charge in [-0.15, -0.1) is 0 Å². The van der Waals surface area contributed by atoms with Crippen molar-refractivity contribution in [3.8, 4) is 0 Å². The summed E-state index contributed by atoms with van der Waals surface area (Å²) in [5.74, 6) is 0.726. The van der Waals surface area contributed by atoms with E-state index in [-0.39, 0.29) is 0 Å². The third-order valence-electron chi connectivity index (χ3n) is 2.95. The number of hydrogen-bond acceptors (Lipinski definition) is 2. The van der Waals surface area contributed by atoms with E-state index < -0.39 is 0 Å². The molecule has 2 atom stereocenters. The van der Waals surface area contributed by atoms with Crippen LogP contribution in [0, 0.1) is 5.92 Å². The third kappa shape index (κ3) is 1.95. The molecule has 2 unspecified atom stereocenters. The SMILES string of the molecule is CCN=C1NC2CCCCC2CO1. The summed E-state index contributed by atoms with van der Waals surface area (Å²) in [5, 5.41) is 3.38. The fourth-order valence-electron chi connectivity index (χ4n) is 2.22. The van der Waals surface area contributed by atoms with E-state index in [0.29, 0.717) is 6.04 Å². The molecule has 2 fully saturated rings. The van der Waals surface area contributed by atoms with Crippen LogP contribution in [0.15, 0.2) is 4.99 Å². The van der Waals surface area contributed by atoms with Crippen LogP contribution in [-0.4, -0.2) is 25.2 Å². The van der Waals surface area contributed by atoms with Gasteiger partial charge in [-0.1, -0.05) is 12.8 Å². The van der Waals surface area contributed by atoms with Crippen molar-refractivity contribution in [2.75, 3.05) is 13.2 Å². The van der Waals surface area contributed by atoms with E-state index in [0.717, 1.165) is 25.1 Å². The predicted octanol–water partition coefficient (Wildman–Crippen LogP) is 1.54. The van der Waals surface area contributed by atoms with Gasteiger partial charge in [0.2, 0.25) is 0 Å². The molecule has 0 aromatic heterocycles. The number of amidine groups is 1. The molecule has 1 saturated heterocycles. The summed E-state index contributed by atoms with van der Waals surface area (Å²) in [6, 6.07) is 1.40. The minimum Gasteiger partial charge on any atom is -0.465 e. The van der Waals surface area contributed by atoms with Gasteiger partial charge in [0.05, 0.1) is 6.61 Å². The summed E-state index contributed by atoms with van der Waals surface area (Å²) in [5.41, 5.74) is 0. The molecule has 3 heteroatoms. The smallest absolute Gasteiger partial charge is 0.284 e. The molecule has 0 bridgehead atoms. The molecule has 1 saturated carbocycles. The van der Waals surface area contributed by atoms with Gasteiger partial charge in [0.25, 0.3) is 6.02 Å². The molecular formula is C10H18N2O. The van der Waals surface area contributed by atoms with E-state index in [9.17, 15) is 0 Å². The quantitative estimate of drug-likeness (QED) is 0.667. The average molecular weight is 182 g/mol. The Morgan fingerprint density at radius 2 is 2.31 bits per heavy atom. The lowest BCUT2D eigenvalue weighted by Gasteiger charge is -2.36. The number of nitrogens with one attached hydrogen (secondary N) is 1. The average Bonchev–Trinajstić information content (AvgIpc) is 2.18. The second-order valence-electron chi connectivity index (χ2n) is 3.89. The molecule has 0 spiro atoms. The van der Waals surface area contributed by atoms with E-state index in [4.69, 9.17) is 4.74 Å². The first-order chi connectivity index (χ1) is 6.40. The second kappa shape index (κ2) is 3.99. The van der Waals surface area contributed by atoms with Crippen LogP contribution in [0.25, 0.3) is 0 Å². The van der Waals surface area contributed by atoms with Crippen molar-refractivity contribution < 1.29 is 4.74 Å². The van der Waals surface area contributed by atoms with E-state index >= 15 is 0 Å². The molecule has 1 N–H and O–H groups in total. The Morgan fingerprint density at radius 3 is 3.15 bits per heavy atom. The Labute approximate surface area is 79.6 Å². The first kappa shape index (κ1) is 8.85. The third-order valence-corrected chi connectivity index (χ3v) is 2.95. The molecule has 0 aromatic carbocycles. The highest BCUT2D eigenvalue weighted by molar-refractivity contribution is 5.74. The van der Waals surface area contributed by atoms with Gasteiger partial charge < -0.3 is 10.1 Å². The molecule has 3 nitrogen and oxygen atoms in total. The lowest BCUT2D eigenvalue weighted by molar-refractivity contribution is 0.124. The molecular weight excluding hydrogens is 164 g/mol. The normalized spacial score (nSPS) is 36.2. The van der Waals surface area contributed by atoms with Gasteiger partial charge in [0.1, 0.15) is 0 Å². The Morgan fingerprint density at radius 1 is 1.46 bits per heavy atom. The molecule has 0 radical (unpaired) electrons. The van der Waals surface area contributed by atoms with Gasteiger partial charge in [-0.2, -0.15) is 0 Å². The van der Waals surface area contributed by atoms with Crippen molar-refractivity contribution in [1.29, 1.82) is 0 Å². The number of ether oxygens (including phenoxy) is 1. The summed E-state index contributed by atoms with van der Waals surface area (Å²) in [7, 11) is 0. The molecule has 1 heterocycles. The van der Waals surface area contributed by atoms with Gasteiger partial charge in [-0.25, -0.2) is 4.99 Å². The lowest BCUT2D eigenvalue weighted by atomic mass is 9.84. The van der Waals surface area contributed by atoms with E-state index in [1.54, 1.807) is 0 Å². The van der Waals surface area contributed by atoms with E-state index in [1.165, 1.54) is 25.7 Å². The first-order valence-corrected chi connectivity index (χ1v) is 5.34. The Balaban J connectivity index is 1.95. The number of aliphatic imine (C=N–C) groups is 1. The highest BCUT2D eigenvalue weighted by Crippen LogP contribution is 2.26. The van der Waals surface area contributed by atoms with Crippen molar-refractivity contribution in [3.05, 3.63) is 0 Å². The summed E-state index contributed by atoms with van der Waals surface area (Å²) in [6.45, 7) is 3.71. The van der Waals surface area contributed by atoms with E-state index in [2.05, 4.69) is 10.3 Å². The number of fused-ring (bicyclic) bond motifs is 1. The van der Waals surface area contributed by atoms with Gasteiger partial charge >= 0.3 is 0 Å². The van der Waals surface area contributed by atoms with Gasteiger partial charge in [0.15, 0.2) is 0 Å². The minimum absolute atomic E-state index is 0.632. The van der Waals surface area contributed by atoms with Crippen LogP contribution >= 0.6 is 0 Å². The maximum absolute atomic E-state index is 5.53. The van der Waals surface area contributed by atoms with Crippen molar-refractivity contribution in [1.82, 2.24) is 5.32 Å². The zero-order chi connectivity index (χ0) is 9.10. The topological polar surface area (TPSA) is 33.6 Å². The van der Waals surface area contributed by atoms with E-state index in [1.807, 2.05) is 6.92 Å². The Kier molecular flexibility index (Phi) is 2.71.